The van der Waals surface area contributed by atoms with E-state index in [9.17, 15) is 18.8 Å². The number of thiophene rings is 1. The van der Waals surface area contributed by atoms with E-state index in [1.54, 1.807) is 6.07 Å². The molecule has 3 aromatic rings. The third-order valence-electron chi connectivity index (χ3n) is 8.41. The number of carboxylic acids is 3. The van der Waals surface area contributed by atoms with E-state index in [0.29, 0.717) is 0 Å². The van der Waals surface area contributed by atoms with Gasteiger partial charge in [-0.2, -0.15) is 4.39 Å². The average molecular weight is 647 g/mol. The van der Waals surface area contributed by atoms with E-state index in [4.69, 9.17) is 25.4 Å². The van der Waals surface area contributed by atoms with Crippen LogP contribution in [0.3, 0.4) is 0 Å². The zero-order valence-electron chi connectivity index (χ0n) is 26.6. The van der Waals surface area contributed by atoms with Gasteiger partial charge in [0, 0.05) is 58.1 Å². The predicted octanol–water partition coefficient (Wildman–Crippen LogP) is 4.87. The zero-order valence-corrected chi connectivity index (χ0v) is 27.4. The molecule has 11 nitrogen and oxygen atoms in total. The fraction of sp³-hybridized carbons (Fsp3) is 0.531. The van der Waals surface area contributed by atoms with E-state index >= 15 is 0 Å². The smallest absolute Gasteiger partial charge is 0.336 e. The molecule has 4 rings (SSSR count). The lowest BCUT2D eigenvalue weighted by molar-refractivity contribution is -0.170. The number of nitrogens with one attached hydrogen (secondary N) is 1. The van der Waals surface area contributed by atoms with Crippen molar-refractivity contribution in [2.75, 3.05) is 13.1 Å². The van der Waals surface area contributed by atoms with Crippen molar-refractivity contribution in [1.29, 1.82) is 0 Å². The molecule has 0 radical (unpaired) electrons. The number of carboxylic acid groups (broad SMARTS) is 3. The largest absolute Gasteiger partial charge is 0.481 e. The normalized spacial score (nSPS) is 17.5. The van der Waals surface area contributed by atoms with Gasteiger partial charge >= 0.3 is 17.9 Å². The molecule has 45 heavy (non-hydrogen) atoms. The molecule has 0 amide bonds. The van der Waals surface area contributed by atoms with Crippen molar-refractivity contribution < 1.29 is 39.2 Å². The molecule has 4 heterocycles. The Balaban J connectivity index is 0.000000360. The predicted molar refractivity (Wildman–Crippen MR) is 167 cm³/mol. The van der Waals surface area contributed by atoms with Crippen LogP contribution in [0.1, 0.15) is 88.0 Å². The lowest BCUT2D eigenvalue weighted by atomic mass is 9.81. The van der Waals surface area contributed by atoms with Crippen LogP contribution in [0.5, 0.6) is 0 Å². The average Bonchev–Trinajstić information content (AvgIpc) is 3.67. The van der Waals surface area contributed by atoms with E-state index in [-0.39, 0.29) is 21.5 Å². The van der Waals surface area contributed by atoms with Gasteiger partial charge in [0.25, 0.3) is 0 Å². The van der Waals surface area contributed by atoms with Crippen LogP contribution in [0.4, 0.5) is 4.39 Å². The lowest BCUT2D eigenvalue weighted by Crippen LogP contribution is -2.42. The van der Waals surface area contributed by atoms with Gasteiger partial charge in [0.15, 0.2) is 10.7 Å². The Labute approximate surface area is 266 Å². The van der Waals surface area contributed by atoms with Gasteiger partial charge in [0.2, 0.25) is 0 Å². The summed E-state index contributed by atoms with van der Waals surface area (Å²) in [7, 11) is 0. The molecule has 0 saturated carbocycles. The zero-order chi connectivity index (χ0) is 33.8. The number of aliphatic hydroxyl groups is 1. The van der Waals surface area contributed by atoms with E-state index in [2.05, 4.69) is 61.6 Å². The number of aromatic amines is 1. The summed E-state index contributed by atoms with van der Waals surface area (Å²) in [4.78, 5) is 47.3. The molecule has 5 N–H and O–H groups in total. The van der Waals surface area contributed by atoms with Crippen LogP contribution in [0.2, 0.25) is 0 Å². The second kappa shape index (κ2) is 13.8. The number of aliphatic carboxylic acids is 3. The van der Waals surface area contributed by atoms with Crippen LogP contribution in [-0.2, 0) is 37.2 Å². The Morgan fingerprint density at radius 1 is 1.00 bits per heavy atom. The first-order chi connectivity index (χ1) is 20.8. The number of halogens is 1. The van der Waals surface area contributed by atoms with Gasteiger partial charge in [-0.3, -0.25) is 19.5 Å². The third-order valence-corrected chi connectivity index (χ3v) is 9.35. The van der Waals surface area contributed by atoms with Crippen molar-refractivity contribution >= 4 is 29.2 Å². The summed E-state index contributed by atoms with van der Waals surface area (Å²) in [5.41, 5.74) is 0.500. The highest BCUT2D eigenvalue weighted by Gasteiger charge is 2.46. The number of imidazole rings is 1. The summed E-state index contributed by atoms with van der Waals surface area (Å²) in [6, 6.07) is 7.78. The van der Waals surface area contributed by atoms with Crippen molar-refractivity contribution in [2.24, 2.45) is 0 Å². The first-order valence-electron chi connectivity index (χ1n) is 14.7. The summed E-state index contributed by atoms with van der Waals surface area (Å²) < 4.78 is 13.6. The number of hydrogen-bond acceptors (Lipinski definition) is 8. The summed E-state index contributed by atoms with van der Waals surface area (Å²) in [6.07, 6.45) is 4.56. The first-order valence-corrected chi connectivity index (χ1v) is 15.5. The number of aromatic nitrogens is 3. The van der Waals surface area contributed by atoms with Crippen LogP contribution in [0.25, 0.3) is 0 Å². The summed E-state index contributed by atoms with van der Waals surface area (Å²) in [5, 5.41) is 33.7. The Bertz CT molecular complexity index is 1480. The van der Waals surface area contributed by atoms with Crippen LogP contribution in [0, 0.1) is 12.1 Å². The van der Waals surface area contributed by atoms with Crippen molar-refractivity contribution in [3.05, 3.63) is 69.4 Å². The minimum Gasteiger partial charge on any atom is -0.481 e. The molecular weight excluding hydrogens is 603 g/mol. The van der Waals surface area contributed by atoms with Gasteiger partial charge in [-0.05, 0) is 63.8 Å². The SMILES string of the molecule is Cc1ccc(C(C)(C)N2CC[C@](CCc3ccc(F)s3)(c3ncc(C(C)(C)C)[nH]3)C2)cn1.O=C(O)CC(O)(CC(=O)O)C(=O)O. The maximum atomic E-state index is 13.6. The number of pyridine rings is 1. The van der Waals surface area contributed by atoms with E-state index in [0.717, 1.165) is 54.4 Å². The molecule has 0 aromatic carbocycles. The van der Waals surface area contributed by atoms with Crippen LogP contribution in [-0.4, -0.2) is 76.9 Å². The number of hydrogen-bond donors (Lipinski definition) is 5. The maximum Gasteiger partial charge on any atom is 0.336 e. The molecule has 1 aliphatic rings. The number of H-pyrrole nitrogens is 1. The first kappa shape index (κ1) is 35.8. The molecule has 1 fully saturated rings. The standard InChI is InChI=1S/C26H35FN4S.C6H8O7/c1-18-7-8-19(15-28-18)25(5,6)31-14-13-26(17-31,12-11-20-9-10-22(27)32-20)23-29-16-21(30-23)24(2,3)4;7-3(8)1-6(13,5(11)12)2-4(9)10/h7-10,15-16H,11-14,17H2,1-6H3,(H,29,30);13H,1-2H2,(H,7,8)(H,9,10)(H,11,12)/t26-;/m0./s1. The van der Waals surface area contributed by atoms with Crippen molar-refractivity contribution in [2.45, 2.75) is 95.6 Å². The number of likely N-dealkylation sites (tertiary alicyclic amines) is 1. The van der Waals surface area contributed by atoms with Crippen molar-refractivity contribution in [1.82, 2.24) is 19.9 Å². The molecule has 1 saturated heterocycles. The maximum absolute atomic E-state index is 13.6. The minimum atomic E-state index is -2.74. The monoisotopic (exact) mass is 646 g/mol. The van der Waals surface area contributed by atoms with Gasteiger partial charge < -0.3 is 25.4 Å². The minimum absolute atomic E-state index is 0.0223. The van der Waals surface area contributed by atoms with E-state index in [1.807, 2.05) is 25.4 Å². The van der Waals surface area contributed by atoms with Crippen LogP contribution >= 0.6 is 11.3 Å². The summed E-state index contributed by atoms with van der Waals surface area (Å²) >= 11 is 1.26. The molecule has 0 spiro atoms. The summed E-state index contributed by atoms with van der Waals surface area (Å²) in [6.45, 7) is 15.1. The van der Waals surface area contributed by atoms with E-state index in [1.165, 1.54) is 16.9 Å². The molecule has 0 bridgehead atoms. The second-order valence-electron chi connectivity index (χ2n) is 13.3. The molecule has 246 valence electrons. The Kier molecular flexibility index (Phi) is 10.9. The third kappa shape index (κ3) is 8.95. The highest BCUT2D eigenvalue weighted by molar-refractivity contribution is 7.10. The van der Waals surface area contributed by atoms with Gasteiger partial charge in [-0.15, -0.1) is 11.3 Å². The van der Waals surface area contributed by atoms with Crippen LogP contribution in [0.15, 0.2) is 36.7 Å². The highest BCUT2D eigenvalue weighted by Crippen LogP contribution is 2.43. The number of carbonyl (C=O) groups is 3. The Morgan fingerprint density at radius 3 is 2.11 bits per heavy atom. The number of aryl methyl sites for hydroxylation is 2. The number of nitrogens with zero attached hydrogens (tertiary/aromatic N) is 3. The van der Waals surface area contributed by atoms with Crippen molar-refractivity contribution in [3.63, 3.8) is 0 Å². The fourth-order valence-electron chi connectivity index (χ4n) is 5.41. The Hall–Kier alpha value is -3.68. The van der Waals surface area contributed by atoms with Crippen LogP contribution < -0.4 is 0 Å². The molecule has 13 heteroatoms. The molecule has 0 unspecified atom stereocenters. The molecule has 0 aliphatic carbocycles. The summed E-state index contributed by atoms with van der Waals surface area (Å²) in [5.74, 6) is -3.95. The topological polar surface area (TPSA) is 177 Å². The molecule has 3 aromatic heterocycles. The molecule has 1 atom stereocenters. The van der Waals surface area contributed by atoms with Gasteiger partial charge in [-0.1, -0.05) is 26.8 Å². The number of rotatable bonds is 11. The highest BCUT2D eigenvalue weighted by atomic mass is 32.1. The second-order valence-corrected chi connectivity index (χ2v) is 14.4. The fourth-order valence-corrected chi connectivity index (χ4v) is 6.14. The van der Waals surface area contributed by atoms with Gasteiger partial charge in [0.05, 0.1) is 12.8 Å². The lowest BCUT2D eigenvalue weighted by Gasteiger charge is -2.37. The van der Waals surface area contributed by atoms with Crippen molar-refractivity contribution in [3.8, 4) is 0 Å². The van der Waals surface area contributed by atoms with Gasteiger partial charge in [0.1, 0.15) is 5.82 Å². The van der Waals surface area contributed by atoms with E-state index < -0.39 is 36.4 Å². The quantitative estimate of drug-likeness (QED) is 0.193. The van der Waals surface area contributed by atoms with Gasteiger partial charge in [-0.25, -0.2) is 9.78 Å². The molecular formula is C32H43FN4O7S. The molecule has 1 aliphatic heterocycles. The Morgan fingerprint density at radius 2 is 1.64 bits per heavy atom.